The zero-order valence-corrected chi connectivity index (χ0v) is 9.99. The lowest BCUT2D eigenvalue weighted by Gasteiger charge is -2.09. The number of carbonyl (C=O) groups excluding carboxylic acids is 2. The SMILES string of the molecule is CC(=O)C(C#N)CC(=O)c1cccc(C(F)(F)F)c1. The predicted molar refractivity (Wildman–Crippen MR) is 60.2 cm³/mol. The molecule has 0 aliphatic carbocycles. The Balaban J connectivity index is 2.96. The van der Waals surface area contributed by atoms with Crippen LogP contribution in [0, 0.1) is 17.2 Å². The van der Waals surface area contributed by atoms with Gasteiger partial charge in [-0.2, -0.15) is 18.4 Å². The van der Waals surface area contributed by atoms with Crippen LogP contribution in [0.2, 0.25) is 0 Å². The van der Waals surface area contributed by atoms with Gasteiger partial charge in [0, 0.05) is 12.0 Å². The van der Waals surface area contributed by atoms with Crippen LogP contribution in [0.5, 0.6) is 0 Å². The van der Waals surface area contributed by atoms with Gasteiger partial charge in [-0.05, 0) is 19.1 Å². The molecule has 6 heteroatoms. The molecule has 19 heavy (non-hydrogen) atoms. The van der Waals surface area contributed by atoms with Gasteiger partial charge in [0.1, 0.15) is 11.7 Å². The second kappa shape index (κ2) is 5.65. The van der Waals surface area contributed by atoms with Gasteiger partial charge in [0.15, 0.2) is 5.78 Å². The summed E-state index contributed by atoms with van der Waals surface area (Å²) in [6.45, 7) is 1.16. The molecule has 0 aliphatic rings. The number of rotatable bonds is 4. The van der Waals surface area contributed by atoms with Crippen LogP contribution in [0.25, 0.3) is 0 Å². The maximum atomic E-state index is 12.5. The molecule has 0 amide bonds. The van der Waals surface area contributed by atoms with E-state index in [9.17, 15) is 22.8 Å². The van der Waals surface area contributed by atoms with E-state index in [0.717, 1.165) is 25.1 Å². The summed E-state index contributed by atoms with van der Waals surface area (Å²) >= 11 is 0. The van der Waals surface area contributed by atoms with E-state index >= 15 is 0 Å². The number of Topliss-reactive ketones (excluding diaryl/α,β-unsaturated/α-hetero) is 2. The summed E-state index contributed by atoms with van der Waals surface area (Å²) < 4.78 is 37.4. The predicted octanol–water partition coefficient (Wildman–Crippen LogP) is 3.01. The Bertz CT molecular complexity index is 544. The summed E-state index contributed by atoms with van der Waals surface area (Å²) in [5, 5.41) is 8.67. The molecule has 1 unspecified atom stereocenters. The van der Waals surface area contributed by atoms with Crippen molar-refractivity contribution in [3.05, 3.63) is 35.4 Å². The van der Waals surface area contributed by atoms with Crippen molar-refractivity contribution in [2.45, 2.75) is 19.5 Å². The van der Waals surface area contributed by atoms with E-state index in [0.29, 0.717) is 0 Å². The molecule has 0 aliphatic heterocycles. The van der Waals surface area contributed by atoms with Crippen molar-refractivity contribution in [1.29, 1.82) is 5.26 Å². The second-order valence-corrected chi connectivity index (χ2v) is 4.00. The van der Waals surface area contributed by atoms with Crippen LogP contribution in [0.3, 0.4) is 0 Å². The van der Waals surface area contributed by atoms with Gasteiger partial charge in [0.05, 0.1) is 11.6 Å². The van der Waals surface area contributed by atoms with Crippen molar-refractivity contribution in [1.82, 2.24) is 0 Å². The number of benzene rings is 1. The fourth-order valence-corrected chi connectivity index (χ4v) is 1.45. The maximum Gasteiger partial charge on any atom is 0.416 e. The van der Waals surface area contributed by atoms with Crippen LogP contribution in [-0.4, -0.2) is 11.6 Å². The standard InChI is InChI=1S/C13H10F3NO2/c1-8(18)10(7-17)6-12(19)9-3-2-4-11(5-9)13(14,15)16/h2-5,10H,6H2,1H3. The Hall–Kier alpha value is -2.16. The van der Waals surface area contributed by atoms with Crippen molar-refractivity contribution in [3.63, 3.8) is 0 Å². The highest BCUT2D eigenvalue weighted by molar-refractivity contribution is 5.99. The van der Waals surface area contributed by atoms with Gasteiger partial charge >= 0.3 is 6.18 Å². The lowest BCUT2D eigenvalue weighted by molar-refractivity contribution is -0.137. The molecule has 1 rings (SSSR count). The van der Waals surface area contributed by atoms with Crippen LogP contribution in [-0.2, 0) is 11.0 Å². The first-order valence-corrected chi connectivity index (χ1v) is 5.36. The van der Waals surface area contributed by atoms with E-state index in [1.54, 1.807) is 6.07 Å². The quantitative estimate of drug-likeness (QED) is 0.789. The minimum absolute atomic E-state index is 0.156. The Morgan fingerprint density at radius 1 is 1.37 bits per heavy atom. The maximum absolute atomic E-state index is 12.5. The molecule has 1 aromatic rings. The first-order valence-electron chi connectivity index (χ1n) is 5.36. The van der Waals surface area contributed by atoms with Crippen molar-refractivity contribution >= 4 is 11.6 Å². The monoisotopic (exact) mass is 269 g/mol. The van der Waals surface area contributed by atoms with Gasteiger partial charge in [0.25, 0.3) is 0 Å². The molecular weight excluding hydrogens is 259 g/mol. The lowest BCUT2D eigenvalue weighted by Crippen LogP contribution is -2.15. The number of halogens is 3. The van der Waals surface area contributed by atoms with Gasteiger partial charge in [-0.3, -0.25) is 9.59 Å². The van der Waals surface area contributed by atoms with Crippen molar-refractivity contribution < 1.29 is 22.8 Å². The molecule has 1 atom stereocenters. The van der Waals surface area contributed by atoms with Crippen molar-refractivity contribution in [2.75, 3.05) is 0 Å². The third-order valence-corrected chi connectivity index (χ3v) is 2.55. The zero-order valence-electron chi connectivity index (χ0n) is 9.99. The molecule has 1 aromatic carbocycles. The van der Waals surface area contributed by atoms with Crippen LogP contribution < -0.4 is 0 Å². The number of ketones is 2. The third kappa shape index (κ3) is 3.91. The van der Waals surface area contributed by atoms with Gasteiger partial charge < -0.3 is 0 Å². The molecule has 3 nitrogen and oxygen atoms in total. The van der Waals surface area contributed by atoms with Crippen molar-refractivity contribution in [2.24, 2.45) is 5.92 Å². The van der Waals surface area contributed by atoms with E-state index in [2.05, 4.69) is 0 Å². The van der Waals surface area contributed by atoms with Gasteiger partial charge in [-0.15, -0.1) is 0 Å². The van der Waals surface area contributed by atoms with Gasteiger partial charge in [-0.1, -0.05) is 12.1 Å². The van der Waals surface area contributed by atoms with Crippen molar-refractivity contribution in [3.8, 4) is 6.07 Å². The Labute approximate surface area is 107 Å². The molecular formula is C13H10F3NO2. The normalized spacial score (nSPS) is 12.6. The van der Waals surface area contributed by atoms with Crippen LogP contribution in [0.1, 0.15) is 29.3 Å². The topological polar surface area (TPSA) is 57.9 Å². The highest BCUT2D eigenvalue weighted by Crippen LogP contribution is 2.29. The molecule has 100 valence electrons. The highest BCUT2D eigenvalue weighted by Gasteiger charge is 2.31. The fourth-order valence-electron chi connectivity index (χ4n) is 1.45. The van der Waals surface area contributed by atoms with Gasteiger partial charge in [0.2, 0.25) is 0 Å². The number of carbonyl (C=O) groups is 2. The van der Waals surface area contributed by atoms with E-state index < -0.39 is 35.6 Å². The minimum Gasteiger partial charge on any atom is -0.299 e. The van der Waals surface area contributed by atoms with E-state index in [1.165, 1.54) is 6.07 Å². The number of alkyl halides is 3. The summed E-state index contributed by atoms with van der Waals surface area (Å²) in [6.07, 6.45) is -4.95. The zero-order chi connectivity index (χ0) is 14.6. The van der Waals surface area contributed by atoms with Gasteiger partial charge in [-0.25, -0.2) is 0 Å². The average molecular weight is 269 g/mol. The van der Waals surface area contributed by atoms with E-state index in [-0.39, 0.29) is 5.56 Å². The Kier molecular flexibility index (Phi) is 4.43. The smallest absolute Gasteiger partial charge is 0.299 e. The molecule has 0 aromatic heterocycles. The van der Waals surface area contributed by atoms with Crippen LogP contribution in [0.4, 0.5) is 13.2 Å². The molecule has 0 N–H and O–H groups in total. The molecule has 0 spiro atoms. The first-order chi connectivity index (χ1) is 8.75. The number of hydrogen-bond acceptors (Lipinski definition) is 3. The number of hydrogen-bond donors (Lipinski definition) is 0. The first kappa shape index (κ1) is 14.9. The largest absolute Gasteiger partial charge is 0.416 e. The molecule has 0 saturated heterocycles. The highest BCUT2D eigenvalue weighted by atomic mass is 19.4. The Morgan fingerprint density at radius 3 is 2.47 bits per heavy atom. The molecule has 0 radical (unpaired) electrons. The third-order valence-electron chi connectivity index (χ3n) is 2.55. The minimum atomic E-state index is -4.54. The van der Waals surface area contributed by atoms with E-state index in [1.807, 2.05) is 0 Å². The summed E-state index contributed by atoms with van der Waals surface area (Å²) in [6, 6.07) is 5.57. The molecule has 0 bridgehead atoms. The summed E-state index contributed by atoms with van der Waals surface area (Å²) in [5.41, 5.74) is -1.09. The second-order valence-electron chi connectivity index (χ2n) is 4.00. The molecule has 0 saturated carbocycles. The van der Waals surface area contributed by atoms with E-state index in [4.69, 9.17) is 5.26 Å². The molecule has 0 heterocycles. The summed E-state index contributed by atoms with van der Waals surface area (Å²) in [7, 11) is 0. The van der Waals surface area contributed by atoms with Crippen LogP contribution in [0.15, 0.2) is 24.3 Å². The summed E-state index contributed by atoms with van der Waals surface area (Å²) in [4.78, 5) is 22.7. The number of nitrogens with zero attached hydrogens (tertiary/aromatic N) is 1. The number of nitriles is 1. The van der Waals surface area contributed by atoms with Crippen LogP contribution >= 0.6 is 0 Å². The average Bonchev–Trinajstić information content (AvgIpc) is 2.34. The summed E-state index contributed by atoms with van der Waals surface area (Å²) in [5.74, 6) is -2.27. The Morgan fingerprint density at radius 2 is 2.00 bits per heavy atom. The fraction of sp³-hybridized carbons (Fsp3) is 0.308. The molecule has 0 fully saturated rings. The lowest BCUT2D eigenvalue weighted by atomic mass is 9.95.